The Morgan fingerprint density at radius 1 is 1.39 bits per heavy atom. The number of rotatable bonds is 3. The summed E-state index contributed by atoms with van der Waals surface area (Å²) in [5, 5.41) is 0. The summed E-state index contributed by atoms with van der Waals surface area (Å²) in [5.74, 6) is 0.604. The van der Waals surface area contributed by atoms with Crippen molar-refractivity contribution in [3.05, 3.63) is 35.4 Å². The topological polar surface area (TPSA) is 37.4 Å². The van der Waals surface area contributed by atoms with E-state index in [1.54, 1.807) is 4.31 Å². The zero-order chi connectivity index (χ0) is 13.2. The molecule has 1 atom stereocenters. The molecule has 2 rings (SSSR count). The third-order valence-corrected chi connectivity index (χ3v) is 5.26. The van der Waals surface area contributed by atoms with Crippen LogP contribution in [0.1, 0.15) is 30.9 Å². The molecule has 3 nitrogen and oxygen atoms in total. The standard InChI is InChI=1S/C14H21NO2S/c1-12-5-3-7-14(9-12)11-18(16,17)15-8-4-6-13(2)10-15/h3,5,7,9,13H,4,6,8,10-11H2,1-2H3. The van der Waals surface area contributed by atoms with Crippen molar-refractivity contribution in [1.82, 2.24) is 4.31 Å². The summed E-state index contributed by atoms with van der Waals surface area (Å²) in [6.45, 7) is 5.46. The highest BCUT2D eigenvalue weighted by Gasteiger charge is 2.27. The van der Waals surface area contributed by atoms with E-state index in [0.29, 0.717) is 19.0 Å². The number of aryl methyl sites for hydroxylation is 1. The molecule has 1 aliphatic heterocycles. The first kappa shape index (κ1) is 13.6. The van der Waals surface area contributed by atoms with E-state index in [1.807, 2.05) is 31.2 Å². The fourth-order valence-electron chi connectivity index (χ4n) is 2.50. The minimum atomic E-state index is -3.15. The Hall–Kier alpha value is -0.870. The van der Waals surface area contributed by atoms with Gasteiger partial charge in [0.15, 0.2) is 0 Å². The largest absolute Gasteiger partial charge is 0.218 e. The predicted octanol–water partition coefficient (Wildman–Crippen LogP) is 2.56. The van der Waals surface area contributed by atoms with Gasteiger partial charge in [-0.2, -0.15) is 0 Å². The molecule has 1 aliphatic rings. The fourth-order valence-corrected chi connectivity index (χ4v) is 4.18. The van der Waals surface area contributed by atoms with Crippen molar-refractivity contribution >= 4 is 10.0 Å². The van der Waals surface area contributed by atoms with Crippen LogP contribution < -0.4 is 0 Å². The monoisotopic (exact) mass is 267 g/mol. The third-order valence-electron chi connectivity index (χ3n) is 3.44. The molecule has 1 unspecified atom stereocenters. The van der Waals surface area contributed by atoms with Gasteiger partial charge in [0.1, 0.15) is 0 Å². The van der Waals surface area contributed by atoms with Crippen molar-refractivity contribution in [1.29, 1.82) is 0 Å². The van der Waals surface area contributed by atoms with E-state index in [-0.39, 0.29) is 5.75 Å². The number of hydrogen-bond acceptors (Lipinski definition) is 2. The van der Waals surface area contributed by atoms with Crippen molar-refractivity contribution in [2.45, 2.75) is 32.4 Å². The molecule has 1 saturated heterocycles. The summed E-state index contributed by atoms with van der Waals surface area (Å²) >= 11 is 0. The molecule has 1 aromatic rings. The van der Waals surface area contributed by atoms with Gasteiger partial charge in [0, 0.05) is 13.1 Å². The molecule has 1 heterocycles. The van der Waals surface area contributed by atoms with Crippen LogP contribution in [-0.4, -0.2) is 25.8 Å². The van der Waals surface area contributed by atoms with Crippen molar-refractivity contribution in [3.63, 3.8) is 0 Å². The maximum absolute atomic E-state index is 12.3. The summed E-state index contributed by atoms with van der Waals surface area (Å²) in [6.07, 6.45) is 2.12. The Balaban J connectivity index is 2.11. The summed E-state index contributed by atoms with van der Waals surface area (Å²) in [4.78, 5) is 0. The average Bonchev–Trinajstić information content (AvgIpc) is 2.28. The molecule has 1 fully saturated rings. The smallest absolute Gasteiger partial charge is 0.212 e. The highest BCUT2D eigenvalue weighted by Crippen LogP contribution is 2.21. The van der Waals surface area contributed by atoms with Crippen LogP contribution in [0.4, 0.5) is 0 Å². The number of nitrogens with zero attached hydrogens (tertiary/aromatic N) is 1. The third kappa shape index (κ3) is 3.33. The Bertz CT molecular complexity index is 510. The van der Waals surface area contributed by atoms with E-state index in [0.717, 1.165) is 24.0 Å². The average molecular weight is 267 g/mol. The lowest BCUT2D eigenvalue weighted by molar-refractivity contribution is 0.281. The van der Waals surface area contributed by atoms with Crippen LogP contribution in [0, 0.1) is 12.8 Å². The molecular weight excluding hydrogens is 246 g/mol. The Morgan fingerprint density at radius 3 is 2.83 bits per heavy atom. The van der Waals surface area contributed by atoms with E-state index in [4.69, 9.17) is 0 Å². The van der Waals surface area contributed by atoms with Crippen LogP contribution in [0.15, 0.2) is 24.3 Å². The molecule has 0 bridgehead atoms. The van der Waals surface area contributed by atoms with Gasteiger partial charge >= 0.3 is 0 Å². The Morgan fingerprint density at radius 2 is 2.17 bits per heavy atom. The van der Waals surface area contributed by atoms with E-state index in [9.17, 15) is 8.42 Å². The zero-order valence-corrected chi connectivity index (χ0v) is 11.9. The van der Waals surface area contributed by atoms with E-state index < -0.39 is 10.0 Å². The van der Waals surface area contributed by atoms with E-state index in [1.165, 1.54) is 0 Å². The SMILES string of the molecule is Cc1cccc(CS(=O)(=O)N2CCCC(C)C2)c1. The Kier molecular flexibility index (Phi) is 4.07. The summed E-state index contributed by atoms with van der Waals surface area (Å²) < 4.78 is 26.3. The minimum absolute atomic E-state index is 0.126. The molecule has 0 spiro atoms. The molecule has 0 radical (unpaired) electrons. The first-order valence-corrected chi connectivity index (χ1v) is 8.11. The maximum atomic E-state index is 12.3. The molecule has 0 aliphatic carbocycles. The summed E-state index contributed by atoms with van der Waals surface area (Å²) in [7, 11) is -3.15. The second-order valence-electron chi connectivity index (χ2n) is 5.35. The van der Waals surface area contributed by atoms with Crippen molar-refractivity contribution in [2.24, 2.45) is 5.92 Å². The molecule has 1 aromatic carbocycles. The first-order valence-electron chi connectivity index (χ1n) is 6.51. The maximum Gasteiger partial charge on any atom is 0.218 e. The number of benzene rings is 1. The van der Waals surface area contributed by atoms with Crippen LogP contribution >= 0.6 is 0 Å². The van der Waals surface area contributed by atoms with Crippen molar-refractivity contribution in [3.8, 4) is 0 Å². The van der Waals surface area contributed by atoms with Gasteiger partial charge < -0.3 is 0 Å². The molecular formula is C14H21NO2S. The van der Waals surface area contributed by atoms with E-state index >= 15 is 0 Å². The van der Waals surface area contributed by atoms with Gasteiger partial charge in [-0.25, -0.2) is 12.7 Å². The normalized spacial score (nSPS) is 22.0. The van der Waals surface area contributed by atoms with Gasteiger partial charge in [-0.3, -0.25) is 0 Å². The van der Waals surface area contributed by atoms with Crippen LogP contribution in [0.3, 0.4) is 0 Å². The lowest BCUT2D eigenvalue weighted by Gasteiger charge is -2.30. The van der Waals surface area contributed by atoms with Crippen LogP contribution in [0.2, 0.25) is 0 Å². The molecule has 0 aromatic heterocycles. The highest BCUT2D eigenvalue weighted by molar-refractivity contribution is 7.88. The van der Waals surface area contributed by atoms with Crippen LogP contribution in [-0.2, 0) is 15.8 Å². The zero-order valence-electron chi connectivity index (χ0n) is 11.1. The Labute approximate surface area is 110 Å². The van der Waals surface area contributed by atoms with Crippen LogP contribution in [0.25, 0.3) is 0 Å². The molecule has 0 saturated carbocycles. The summed E-state index contributed by atoms with van der Waals surface area (Å²) in [6, 6.07) is 7.74. The first-order chi connectivity index (χ1) is 8.47. The molecule has 100 valence electrons. The van der Waals surface area contributed by atoms with Gasteiger partial charge in [-0.05, 0) is 31.2 Å². The van der Waals surface area contributed by atoms with Gasteiger partial charge in [0.25, 0.3) is 0 Å². The molecule has 4 heteroatoms. The van der Waals surface area contributed by atoms with Gasteiger partial charge in [-0.15, -0.1) is 0 Å². The molecule has 0 N–H and O–H groups in total. The lowest BCUT2D eigenvalue weighted by Crippen LogP contribution is -2.39. The quantitative estimate of drug-likeness (QED) is 0.844. The van der Waals surface area contributed by atoms with E-state index in [2.05, 4.69) is 6.92 Å². The summed E-state index contributed by atoms with van der Waals surface area (Å²) in [5.41, 5.74) is 1.99. The lowest BCUT2D eigenvalue weighted by atomic mass is 10.0. The van der Waals surface area contributed by atoms with Crippen molar-refractivity contribution < 1.29 is 8.42 Å². The number of hydrogen-bond donors (Lipinski definition) is 0. The molecule has 0 amide bonds. The van der Waals surface area contributed by atoms with Gasteiger partial charge in [0.2, 0.25) is 10.0 Å². The van der Waals surface area contributed by atoms with Gasteiger partial charge in [0.05, 0.1) is 5.75 Å². The van der Waals surface area contributed by atoms with Gasteiger partial charge in [-0.1, -0.05) is 36.8 Å². The van der Waals surface area contributed by atoms with Crippen LogP contribution in [0.5, 0.6) is 0 Å². The number of piperidine rings is 1. The van der Waals surface area contributed by atoms with Crippen molar-refractivity contribution in [2.75, 3.05) is 13.1 Å². The second kappa shape index (κ2) is 5.41. The highest BCUT2D eigenvalue weighted by atomic mass is 32.2. The molecule has 18 heavy (non-hydrogen) atoms. The second-order valence-corrected chi connectivity index (χ2v) is 7.32. The number of sulfonamides is 1. The minimum Gasteiger partial charge on any atom is -0.212 e. The fraction of sp³-hybridized carbons (Fsp3) is 0.571. The predicted molar refractivity (Wildman–Crippen MR) is 73.8 cm³/mol.